The number of aliphatic hydroxyl groups excluding tert-OH is 1. The molecule has 1 aliphatic heterocycles. The summed E-state index contributed by atoms with van der Waals surface area (Å²) in [5, 5.41) is 9.65. The number of morpholine rings is 1. The van der Waals surface area contributed by atoms with Crippen LogP contribution in [0.4, 0.5) is 5.69 Å². The van der Waals surface area contributed by atoms with Crippen LogP contribution in [0.5, 0.6) is 0 Å². The summed E-state index contributed by atoms with van der Waals surface area (Å²) in [5.41, 5.74) is 7.50. The van der Waals surface area contributed by atoms with Gasteiger partial charge in [0.25, 0.3) is 0 Å². The number of aliphatic hydroxyl groups is 1. The van der Waals surface area contributed by atoms with Gasteiger partial charge < -0.3 is 15.6 Å². The molecule has 1 atom stereocenters. The first-order valence-corrected chi connectivity index (χ1v) is 6.05. The average Bonchev–Trinajstić information content (AvgIpc) is 2.34. The second-order valence-electron chi connectivity index (χ2n) is 4.27. The molecule has 0 spiro atoms. The Morgan fingerprint density at radius 1 is 1.53 bits per heavy atom. The van der Waals surface area contributed by atoms with Gasteiger partial charge in [0, 0.05) is 19.6 Å². The first-order valence-electron chi connectivity index (χ1n) is 5.68. The number of hydrogen-bond acceptors (Lipinski definition) is 4. The Morgan fingerprint density at radius 3 is 3.06 bits per heavy atom. The van der Waals surface area contributed by atoms with Gasteiger partial charge >= 0.3 is 0 Å². The molecule has 2 rings (SSSR count). The van der Waals surface area contributed by atoms with Gasteiger partial charge in [-0.05, 0) is 17.7 Å². The molecule has 94 valence electrons. The standard InChI is InChI=1S/C12H17ClN2O2/c13-11-2-1-9(5-12(11)14)6-15-3-4-17-10(7-15)8-16/h1-2,5,10,16H,3-4,6-8,14H2. The molecule has 3 N–H and O–H groups in total. The van der Waals surface area contributed by atoms with E-state index in [9.17, 15) is 0 Å². The number of ether oxygens (including phenoxy) is 1. The van der Waals surface area contributed by atoms with Crippen LogP contribution in [0.1, 0.15) is 5.56 Å². The van der Waals surface area contributed by atoms with Crippen LogP contribution < -0.4 is 5.73 Å². The van der Waals surface area contributed by atoms with Crippen LogP contribution in [0.25, 0.3) is 0 Å². The number of nitrogens with two attached hydrogens (primary N) is 1. The summed E-state index contributed by atoms with van der Waals surface area (Å²) < 4.78 is 5.40. The predicted molar refractivity (Wildman–Crippen MR) is 68.0 cm³/mol. The molecule has 1 aliphatic rings. The number of halogens is 1. The number of nitrogen functional groups attached to an aromatic ring is 1. The van der Waals surface area contributed by atoms with E-state index in [1.807, 2.05) is 18.2 Å². The summed E-state index contributed by atoms with van der Waals surface area (Å²) in [6.45, 7) is 3.16. The van der Waals surface area contributed by atoms with Gasteiger partial charge in [-0.3, -0.25) is 4.90 Å². The van der Waals surface area contributed by atoms with Gasteiger partial charge in [-0.25, -0.2) is 0 Å². The molecule has 17 heavy (non-hydrogen) atoms. The lowest BCUT2D eigenvalue weighted by Gasteiger charge is -2.32. The Morgan fingerprint density at radius 2 is 2.35 bits per heavy atom. The van der Waals surface area contributed by atoms with E-state index in [1.165, 1.54) is 0 Å². The predicted octanol–water partition coefficient (Wildman–Crippen LogP) is 1.12. The summed E-state index contributed by atoms with van der Waals surface area (Å²) in [4.78, 5) is 2.24. The van der Waals surface area contributed by atoms with E-state index < -0.39 is 0 Å². The van der Waals surface area contributed by atoms with Crippen LogP contribution in [-0.4, -0.2) is 42.4 Å². The van der Waals surface area contributed by atoms with E-state index in [0.29, 0.717) is 17.3 Å². The summed E-state index contributed by atoms with van der Waals surface area (Å²) >= 11 is 5.88. The van der Waals surface area contributed by atoms with Crippen molar-refractivity contribution in [2.24, 2.45) is 0 Å². The van der Waals surface area contributed by atoms with Crippen LogP contribution in [0.2, 0.25) is 5.02 Å². The van der Waals surface area contributed by atoms with Crippen LogP contribution >= 0.6 is 11.6 Å². The van der Waals surface area contributed by atoms with Crippen LogP contribution in [0.3, 0.4) is 0 Å². The quantitative estimate of drug-likeness (QED) is 0.796. The van der Waals surface area contributed by atoms with E-state index >= 15 is 0 Å². The molecule has 1 unspecified atom stereocenters. The van der Waals surface area contributed by atoms with Crippen molar-refractivity contribution in [3.05, 3.63) is 28.8 Å². The maximum Gasteiger partial charge on any atom is 0.0933 e. The van der Waals surface area contributed by atoms with Gasteiger partial charge in [-0.15, -0.1) is 0 Å². The maximum atomic E-state index is 9.07. The Balaban J connectivity index is 1.97. The number of nitrogens with zero attached hydrogens (tertiary/aromatic N) is 1. The highest BCUT2D eigenvalue weighted by molar-refractivity contribution is 6.33. The van der Waals surface area contributed by atoms with Crippen molar-refractivity contribution in [2.75, 3.05) is 32.0 Å². The lowest BCUT2D eigenvalue weighted by atomic mass is 10.1. The molecule has 1 saturated heterocycles. The van der Waals surface area contributed by atoms with Crippen molar-refractivity contribution in [2.45, 2.75) is 12.6 Å². The fourth-order valence-electron chi connectivity index (χ4n) is 1.98. The van der Waals surface area contributed by atoms with Crippen molar-refractivity contribution in [3.8, 4) is 0 Å². The largest absolute Gasteiger partial charge is 0.398 e. The topological polar surface area (TPSA) is 58.7 Å². The summed E-state index contributed by atoms with van der Waals surface area (Å²) in [6.07, 6.45) is -0.0756. The highest BCUT2D eigenvalue weighted by Gasteiger charge is 2.19. The highest BCUT2D eigenvalue weighted by atomic mass is 35.5. The minimum Gasteiger partial charge on any atom is -0.398 e. The van der Waals surface area contributed by atoms with Gasteiger partial charge in [0.05, 0.1) is 30.0 Å². The van der Waals surface area contributed by atoms with Crippen LogP contribution in [0, 0.1) is 0 Å². The lowest BCUT2D eigenvalue weighted by Crippen LogP contribution is -2.43. The molecular weight excluding hydrogens is 240 g/mol. The van der Waals surface area contributed by atoms with Crippen molar-refractivity contribution in [1.82, 2.24) is 4.90 Å². The third-order valence-corrected chi connectivity index (χ3v) is 3.24. The van der Waals surface area contributed by atoms with Crippen molar-refractivity contribution in [3.63, 3.8) is 0 Å². The normalized spacial score (nSPS) is 21.6. The molecule has 1 fully saturated rings. The molecule has 1 aromatic rings. The van der Waals surface area contributed by atoms with Gasteiger partial charge in [-0.2, -0.15) is 0 Å². The molecule has 0 saturated carbocycles. The summed E-state index contributed by atoms with van der Waals surface area (Å²) in [6, 6.07) is 5.68. The first-order chi connectivity index (χ1) is 8.19. The molecule has 4 nitrogen and oxygen atoms in total. The van der Waals surface area contributed by atoms with E-state index in [4.69, 9.17) is 27.2 Å². The Bertz CT molecular complexity index is 387. The average molecular weight is 257 g/mol. The minimum absolute atomic E-state index is 0.0687. The minimum atomic E-state index is -0.0756. The third kappa shape index (κ3) is 3.33. The number of rotatable bonds is 3. The second kappa shape index (κ2) is 5.69. The summed E-state index contributed by atoms with van der Waals surface area (Å²) in [7, 11) is 0. The molecule has 1 heterocycles. The van der Waals surface area contributed by atoms with Crippen molar-refractivity contribution < 1.29 is 9.84 Å². The number of hydrogen-bond donors (Lipinski definition) is 2. The van der Waals surface area contributed by atoms with Crippen LogP contribution in [-0.2, 0) is 11.3 Å². The van der Waals surface area contributed by atoms with Gasteiger partial charge in [-0.1, -0.05) is 17.7 Å². The highest BCUT2D eigenvalue weighted by Crippen LogP contribution is 2.20. The number of benzene rings is 1. The second-order valence-corrected chi connectivity index (χ2v) is 4.67. The fraction of sp³-hybridized carbons (Fsp3) is 0.500. The molecule has 0 amide bonds. The van der Waals surface area contributed by atoms with Gasteiger partial charge in [0.15, 0.2) is 0 Å². The molecular formula is C12H17ClN2O2. The molecule has 1 aromatic carbocycles. The molecule has 0 bridgehead atoms. The third-order valence-electron chi connectivity index (χ3n) is 2.89. The van der Waals surface area contributed by atoms with E-state index in [1.54, 1.807) is 0 Å². The zero-order valence-corrected chi connectivity index (χ0v) is 10.4. The van der Waals surface area contributed by atoms with Crippen molar-refractivity contribution in [1.29, 1.82) is 0 Å². The van der Waals surface area contributed by atoms with E-state index in [0.717, 1.165) is 25.2 Å². The monoisotopic (exact) mass is 256 g/mol. The maximum absolute atomic E-state index is 9.07. The number of anilines is 1. The fourth-order valence-corrected chi connectivity index (χ4v) is 2.10. The Kier molecular flexibility index (Phi) is 4.23. The first kappa shape index (κ1) is 12.6. The Labute approximate surface area is 106 Å². The molecule has 0 radical (unpaired) electrons. The van der Waals surface area contributed by atoms with E-state index in [2.05, 4.69) is 4.90 Å². The molecule has 0 aliphatic carbocycles. The smallest absolute Gasteiger partial charge is 0.0933 e. The van der Waals surface area contributed by atoms with Gasteiger partial charge in [0.2, 0.25) is 0 Å². The van der Waals surface area contributed by atoms with Crippen LogP contribution in [0.15, 0.2) is 18.2 Å². The SMILES string of the molecule is Nc1cc(CN2CCOC(CO)C2)ccc1Cl. The van der Waals surface area contributed by atoms with Gasteiger partial charge in [0.1, 0.15) is 0 Å². The summed E-state index contributed by atoms with van der Waals surface area (Å²) in [5.74, 6) is 0. The van der Waals surface area contributed by atoms with E-state index in [-0.39, 0.29) is 12.7 Å². The van der Waals surface area contributed by atoms with Crippen molar-refractivity contribution >= 4 is 17.3 Å². The lowest BCUT2D eigenvalue weighted by molar-refractivity contribution is -0.0550. The molecule has 0 aromatic heterocycles. The zero-order valence-electron chi connectivity index (χ0n) is 9.60. The Hall–Kier alpha value is -0.810. The molecule has 5 heteroatoms. The zero-order chi connectivity index (χ0) is 12.3.